The standard InChI is InChI=1S/C20H45N4O10Si3/c1-28-35(8,29-2)16-11-14-22-19(25)21(13-10-18-37(32-5,33-6)34-7)20(26)23(24(22)27)15-12-17-36(9,30-3)31-4/h10-18H2,1-9H3/q+1. The molecule has 0 saturated carbocycles. The first-order valence-corrected chi connectivity index (χ1v) is 19.2. The molecule has 0 amide bonds. The second-order valence-corrected chi connectivity index (χ2v) is 19.2. The van der Waals surface area contributed by atoms with E-state index in [1.54, 1.807) is 28.4 Å². The van der Waals surface area contributed by atoms with Crippen LogP contribution in [0, 0.1) is 4.91 Å². The van der Waals surface area contributed by atoms with Crippen molar-refractivity contribution in [2.24, 2.45) is 0 Å². The Hall–Kier alpha value is -1.29. The van der Waals surface area contributed by atoms with Crippen LogP contribution in [0.1, 0.15) is 19.3 Å². The molecule has 14 nitrogen and oxygen atoms in total. The van der Waals surface area contributed by atoms with Crippen molar-refractivity contribution in [1.82, 2.24) is 13.9 Å². The minimum Gasteiger partial charge on any atom is -0.398 e. The minimum absolute atomic E-state index is 0.0779. The SMILES string of the molecule is CO[Si](C)(CCCn1c(=O)n(CCC[Si](OC)(OC)OC)c(=O)n(CCC[Si](C)(OC)OC)[n+]1=O)OC. The molecule has 0 aliphatic heterocycles. The molecule has 17 heteroatoms. The predicted molar refractivity (Wildman–Crippen MR) is 143 cm³/mol. The number of hydrogen-bond acceptors (Lipinski definition) is 10. The molecule has 1 rings (SSSR count). The van der Waals surface area contributed by atoms with Crippen LogP contribution in [-0.4, -0.2) is 89.6 Å². The number of aromatic nitrogens is 4. The lowest BCUT2D eigenvalue weighted by Gasteiger charge is -2.24. The molecule has 0 spiro atoms. The first kappa shape index (κ1) is 33.7. The van der Waals surface area contributed by atoms with E-state index in [0.717, 1.165) is 13.9 Å². The van der Waals surface area contributed by atoms with Gasteiger partial charge in [-0.25, -0.2) is 14.2 Å². The summed E-state index contributed by atoms with van der Waals surface area (Å²) in [6.07, 6.45) is 1.32. The molecule has 0 radical (unpaired) electrons. The van der Waals surface area contributed by atoms with Gasteiger partial charge in [-0.05, 0) is 53.8 Å². The number of hydrogen-bond donors (Lipinski definition) is 0. The fourth-order valence-electron chi connectivity index (χ4n) is 3.88. The first-order valence-electron chi connectivity index (χ1n) is 12.2. The summed E-state index contributed by atoms with van der Waals surface area (Å²) in [5, 5.41) is 0. The molecule has 0 N–H and O–H groups in total. The molecule has 1 aromatic heterocycles. The van der Waals surface area contributed by atoms with Crippen molar-refractivity contribution >= 4 is 25.9 Å². The lowest BCUT2D eigenvalue weighted by molar-refractivity contribution is -0.694. The van der Waals surface area contributed by atoms with E-state index >= 15 is 0 Å². The Balaban J connectivity index is 3.32. The molecule has 0 aliphatic carbocycles. The third-order valence-electron chi connectivity index (χ3n) is 6.84. The Labute approximate surface area is 221 Å². The predicted octanol–water partition coefficient (Wildman–Crippen LogP) is 0.504. The molecule has 0 atom stereocenters. The van der Waals surface area contributed by atoms with E-state index < -0.39 is 37.3 Å². The van der Waals surface area contributed by atoms with Gasteiger partial charge in [0.25, 0.3) is 4.66 Å². The number of nitrogens with zero attached hydrogens (tertiary/aromatic N) is 4. The van der Waals surface area contributed by atoms with Crippen LogP contribution >= 0.6 is 0 Å². The average Bonchev–Trinajstić information content (AvgIpc) is 2.92. The van der Waals surface area contributed by atoms with E-state index in [2.05, 4.69) is 0 Å². The van der Waals surface area contributed by atoms with Gasteiger partial charge in [-0.15, -0.1) is 0 Å². The van der Waals surface area contributed by atoms with Crippen molar-refractivity contribution in [3.63, 3.8) is 0 Å². The summed E-state index contributed by atoms with van der Waals surface area (Å²) < 4.78 is 41.9. The van der Waals surface area contributed by atoms with E-state index in [1.165, 1.54) is 21.3 Å². The maximum absolute atomic E-state index is 13.3. The van der Waals surface area contributed by atoms with Crippen LogP contribution in [0.4, 0.5) is 0 Å². The molecule has 1 aromatic rings. The van der Waals surface area contributed by atoms with E-state index in [0.29, 0.717) is 42.1 Å². The van der Waals surface area contributed by atoms with E-state index in [-0.39, 0.29) is 19.6 Å². The van der Waals surface area contributed by atoms with Crippen molar-refractivity contribution in [2.75, 3.05) is 49.8 Å². The maximum atomic E-state index is 13.3. The van der Waals surface area contributed by atoms with Crippen LogP contribution in [0.2, 0.25) is 31.2 Å². The van der Waals surface area contributed by atoms with E-state index in [9.17, 15) is 14.5 Å². The summed E-state index contributed by atoms with van der Waals surface area (Å²) in [6, 6.07) is 1.54. The molecule has 0 bridgehead atoms. The summed E-state index contributed by atoms with van der Waals surface area (Å²) >= 11 is 0. The Morgan fingerprint density at radius 1 is 0.595 bits per heavy atom. The quantitative estimate of drug-likeness (QED) is 0.167. The Morgan fingerprint density at radius 2 is 0.946 bits per heavy atom. The summed E-state index contributed by atoms with van der Waals surface area (Å²) in [5.74, 6) is 0. The van der Waals surface area contributed by atoms with Gasteiger partial charge >= 0.3 is 37.3 Å². The Kier molecular flexibility index (Phi) is 14.0. The van der Waals surface area contributed by atoms with Gasteiger partial charge in [-0.2, -0.15) is 0 Å². The molecule has 216 valence electrons. The van der Waals surface area contributed by atoms with Gasteiger partial charge in [0.05, 0.1) is 18.0 Å². The monoisotopic (exact) mass is 585 g/mol. The van der Waals surface area contributed by atoms with Crippen LogP contribution in [0.15, 0.2) is 9.59 Å². The third-order valence-corrected chi connectivity index (χ3v) is 15.7. The molecule has 0 aromatic carbocycles. The van der Waals surface area contributed by atoms with Gasteiger partial charge in [-0.3, -0.25) is 0 Å². The Morgan fingerprint density at radius 3 is 1.27 bits per heavy atom. The molecule has 0 aliphatic rings. The van der Waals surface area contributed by atoms with E-state index in [4.69, 9.17) is 31.0 Å². The van der Waals surface area contributed by atoms with Crippen LogP contribution in [-0.2, 0) is 50.6 Å². The topological polar surface area (TPSA) is 137 Å². The zero-order chi connectivity index (χ0) is 28.3. The second-order valence-electron chi connectivity index (χ2n) is 8.91. The van der Waals surface area contributed by atoms with Crippen molar-refractivity contribution < 1.29 is 35.6 Å². The summed E-state index contributed by atoms with van der Waals surface area (Å²) in [7, 11) is 3.19. The average molecular weight is 586 g/mol. The highest BCUT2D eigenvalue weighted by atomic mass is 28.4. The van der Waals surface area contributed by atoms with E-state index in [1.807, 2.05) is 13.1 Å². The smallest absolute Gasteiger partial charge is 0.398 e. The fourth-order valence-corrected chi connectivity index (χ4v) is 8.33. The van der Waals surface area contributed by atoms with Crippen LogP contribution in [0.3, 0.4) is 0 Å². The highest BCUT2D eigenvalue weighted by Gasteiger charge is 2.37. The van der Waals surface area contributed by atoms with Crippen molar-refractivity contribution in [2.45, 2.75) is 70.1 Å². The molecule has 1 heterocycles. The van der Waals surface area contributed by atoms with Gasteiger partial charge in [0.2, 0.25) is 0 Å². The van der Waals surface area contributed by atoms with Crippen LogP contribution in [0.5, 0.6) is 0 Å². The van der Waals surface area contributed by atoms with Crippen molar-refractivity contribution in [3.05, 3.63) is 25.9 Å². The number of rotatable bonds is 19. The third kappa shape index (κ3) is 8.87. The van der Waals surface area contributed by atoms with Gasteiger partial charge in [0.15, 0.2) is 0 Å². The maximum Gasteiger partial charge on any atom is 0.500 e. The molecular formula is C20H45N4O10Si3+. The van der Waals surface area contributed by atoms with Gasteiger partial charge in [-0.1, -0.05) is 0 Å². The fraction of sp³-hybridized carbons (Fsp3) is 0.900. The molecule has 37 heavy (non-hydrogen) atoms. The second kappa shape index (κ2) is 15.3. The van der Waals surface area contributed by atoms with Crippen LogP contribution in [0.25, 0.3) is 0 Å². The van der Waals surface area contributed by atoms with Gasteiger partial charge < -0.3 is 31.0 Å². The van der Waals surface area contributed by atoms with Crippen molar-refractivity contribution in [3.8, 4) is 0 Å². The zero-order valence-electron chi connectivity index (χ0n) is 23.7. The lowest BCUT2D eigenvalue weighted by Crippen LogP contribution is -2.60. The summed E-state index contributed by atoms with van der Waals surface area (Å²) in [5.41, 5.74) is -1.36. The molecule has 0 fully saturated rings. The Bertz CT molecular complexity index is 933. The molecule has 0 unspecified atom stereocenters. The van der Waals surface area contributed by atoms with Gasteiger partial charge in [0.1, 0.15) is 0 Å². The summed E-state index contributed by atoms with van der Waals surface area (Å²) in [4.78, 5) is 39.7. The molecular weight excluding hydrogens is 540 g/mol. The largest absolute Gasteiger partial charge is 0.500 e. The van der Waals surface area contributed by atoms with Crippen molar-refractivity contribution in [1.29, 1.82) is 0 Å². The molecule has 0 saturated heterocycles. The highest BCUT2D eigenvalue weighted by molar-refractivity contribution is 6.66. The lowest BCUT2D eigenvalue weighted by atomic mass is 10.4. The zero-order valence-corrected chi connectivity index (χ0v) is 26.7. The van der Waals surface area contributed by atoms with Gasteiger partial charge in [0, 0.05) is 62.4 Å². The minimum atomic E-state index is -2.89. The normalized spacial score (nSPS) is 12.9. The highest BCUT2D eigenvalue weighted by Crippen LogP contribution is 2.16. The van der Waals surface area contributed by atoms with Crippen LogP contribution < -0.4 is 16.0 Å². The summed E-state index contributed by atoms with van der Waals surface area (Å²) in [6.45, 7) is 4.10. The first-order chi connectivity index (χ1) is 17.4.